The fourth-order valence-electron chi connectivity index (χ4n) is 3.11. The van der Waals surface area contributed by atoms with E-state index in [0.29, 0.717) is 31.9 Å². The van der Waals surface area contributed by atoms with E-state index in [-0.39, 0.29) is 11.8 Å². The van der Waals surface area contributed by atoms with Crippen molar-refractivity contribution in [1.29, 1.82) is 0 Å². The van der Waals surface area contributed by atoms with E-state index in [1.807, 2.05) is 24.0 Å². The smallest absolute Gasteiger partial charge is 0.234 e. The molecular weight excluding hydrogens is 346 g/mol. The van der Waals surface area contributed by atoms with Crippen molar-refractivity contribution < 1.29 is 9.59 Å². The van der Waals surface area contributed by atoms with E-state index >= 15 is 0 Å². The Morgan fingerprint density at radius 2 is 1.77 bits per heavy atom. The van der Waals surface area contributed by atoms with Crippen molar-refractivity contribution in [3.63, 3.8) is 0 Å². The highest BCUT2D eigenvalue weighted by Gasteiger charge is 2.22. The van der Waals surface area contributed by atoms with Gasteiger partial charge in [-0.05, 0) is 29.8 Å². The zero-order chi connectivity index (χ0) is 18.4. The van der Waals surface area contributed by atoms with Crippen molar-refractivity contribution in [3.8, 4) is 0 Å². The van der Waals surface area contributed by atoms with Crippen molar-refractivity contribution in [1.82, 2.24) is 15.1 Å². The van der Waals surface area contributed by atoms with Gasteiger partial charge >= 0.3 is 0 Å². The average molecular weight is 372 g/mol. The average Bonchev–Trinajstić information content (AvgIpc) is 2.66. The Morgan fingerprint density at radius 3 is 2.50 bits per heavy atom. The molecule has 5 nitrogen and oxygen atoms in total. The van der Waals surface area contributed by atoms with Gasteiger partial charge in [0.25, 0.3) is 0 Å². The van der Waals surface area contributed by atoms with Crippen molar-refractivity contribution in [2.75, 3.05) is 45.0 Å². The van der Waals surface area contributed by atoms with Crippen LogP contribution in [-0.2, 0) is 9.59 Å². The highest BCUT2D eigenvalue weighted by molar-refractivity contribution is 8.00. The van der Waals surface area contributed by atoms with Crippen molar-refractivity contribution in [3.05, 3.63) is 42.5 Å². The van der Waals surface area contributed by atoms with Crippen LogP contribution in [0.15, 0.2) is 47.4 Å². The molecule has 0 aliphatic carbocycles. The maximum atomic E-state index is 12.5. The van der Waals surface area contributed by atoms with Gasteiger partial charge in [-0.25, -0.2) is 0 Å². The first-order valence-electron chi connectivity index (χ1n) is 9.04. The lowest BCUT2D eigenvalue weighted by Gasteiger charge is -2.34. The first-order valence-corrected chi connectivity index (χ1v) is 10.0. The van der Waals surface area contributed by atoms with Crippen molar-refractivity contribution in [2.24, 2.45) is 0 Å². The SMILES string of the molecule is CCNC(=O)CN1CCN(C(=O)CSc2ccc3ccccc3c2)CC1. The van der Waals surface area contributed by atoms with Gasteiger partial charge in [-0.2, -0.15) is 0 Å². The monoisotopic (exact) mass is 371 g/mol. The molecule has 138 valence electrons. The van der Waals surface area contributed by atoms with Crippen LogP contribution >= 0.6 is 11.8 Å². The quantitative estimate of drug-likeness (QED) is 0.791. The van der Waals surface area contributed by atoms with E-state index in [1.165, 1.54) is 10.8 Å². The number of hydrogen-bond donors (Lipinski definition) is 1. The molecule has 0 unspecified atom stereocenters. The zero-order valence-corrected chi connectivity index (χ0v) is 15.9. The van der Waals surface area contributed by atoms with Gasteiger partial charge in [-0.1, -0.05) is 30.3 Å². The summed E-state index contributed by atoms with van der Waals surface area (Å²) in [5.74, 6) is 0.675. The summed E-state index contributed by atoms with van der Waals surface area (Å²) < 4.78 is 0. The number of piperazine rings is 1. The van der Waals surface area contributed by atoms with E-state index in [1.54, 1.807) is 11.8 Å². The molecule has 0 bridgehead atoms. The largest absolute Gasteiger partial charge is 0.355 e. The highest BCUT2D eigenvalue weighted by Crippen LogP contribution is 2.24. The third-order valence-corrected chi connectivity index (χ3v) is 5.53. The standard InChI is InChI=1S/C20H25N3O2S/c1-2-21-19(24)14-22-9-11-23(12-10-22)20(25)15-26-18-8-7-16-5-3-4-6-17(16)13-18/h3-8,13H,2,9-12,14-15H2,1H3,(H,21,24). The predicted octanol–water partition coefficient (Wildman–Crippen LogP) is 2.21. The van der Waals surface area contributed by atoms with Crippen LogP contribution in [0.5, 0.6) is 0 Å². The van der Waals surface area contributed by atoms with Crippen LogP contribution in [0.1, 0.15) is 6.92 Å². The molecule has 1 saturated heterocycles. The number of likely N-dealkylation sites (N-methyl/N-ethyl adjacent to an activating group) is 1. The maximum absolute atomic E-state index is 12.5. The molecule has 2 aromatic carbocycles. The Morgan fingerprint density at radius 1 is 1.04 bits per heavy atom. The van der Waals surface area contributed by atoms with Gasteiger partial charge in [-0.15, -0.1) is 11.8 Å². The second-order valence-corrected chi connectivity index (χ2v) is 7.46. The summed E-state index contributed by atoms with van der Waals surface area (Å²) in [5, 5.41) is 5.23. The summed E-state index contributed by atoms with van der Waals surface area (Å²) in [6, 6.07) is 14.6. The lowest BCUT2D eigenvalue weighted by molar-refractivity contribution is -0.130. The molecule has 0 saturated carbocycles. The minimum Gasteiger partial charge on any atom is -0.355 e. The molecule has 2 aromatic rings. The van der Waals surface area contributed by atoms with Gasteiger partial charge < -0.3 is 10.2 Å². The zero-order valence-electron chi connectivity index (χ0n) is 15.1. The fraction of sp³-hybridized carbons (Fsp3) is 0.400. The second-order valence-electron chi connectivity index (χ2n) is 6.41. The lowest BCUT2D eigenvalue weighted by Crippen LogP contribution is -2.51. The normalized spacial score (nSPS) is 15.2. The molecule has 1 aliphatic rings. The molecule has 1 aliphatic heterocycles. The van der Waals surface area contributed by atoms with Crippen LogP contribution in [-0.4, -0.2) is 66.6 Å². The van der Waals surface area contributed by atoms with Gasteiger partial charge in [0.05, 0.1) is 12.3 Å². The Labute approximate surface area is 158 Å². The Bertz CT molecular complexity index is 772. The molecule has 0 atom stereocenters. The fourth-order valence-corrected chi connectivity index (χ4v) is 3.95. The second kappa shape index (κ2) is 9.05. The van der Waals surface area contributed by atoms with Crippen LogP contribution in [0.3, 0.4) is 0 Å². The van der Waals surface area contributed by atoms with E-state index < -0.39 is 0 Å². The van der Waals surface area contributed by atoms with Crippen LogP contribution in [0.4, 0.5) is 0 Å². The molecule has 26 heavy (non-hydrogen) atoms. The summed E-state index contributed by atoms with van der Waals surface area (Å²) in [4.78, 5) is 29.2. The number of fused-ring (bicyclic) bond motifs is 1. The van der Waals surface area contributed by atoms with Gasteiger partial charge in [0.15, 0.2) is 0 Å². The van der Waals surface area contributed by atoms with Gasteiger partial charge in [0.1, 0.15) is 0 Å². The number of hydrogen-bond acceptors (Lipinski definition) is 4. The molecule has 0 aromatic heterocycles. The van der Waals surface area contributed by atoms with Crippen LogP contribution in [0.25, 0.3) is 10.8 Å². The molecule has 0 radical (unpaired) electrons. The molecule has 2 amide bonds. The minimum absolute atomic E-state index is 0.0548. The number of rotatable bonds is 6. The molecule has 3 rings (SSSR count). The van der Waals surface area contributed by atoms with Crippen LogP contribution in [0.2, 0.25) is 0 Å². The number of nitrogens with zero attached hydrogens (tertiary/aromatic N) is 2. The number of carbonyl (C=O) groups is 2. The van der Waals surface area contributed by atoms with Gasteiger partial charge in [0, 0.05) is 37.6 Å². The van der Waals surface area contributed by atoms with Crippen LogP contribution in [0, 0.1) is 0 Å². The first-order chi connectivity index (χ1) is 12.7. The van der Waals surface area contributed by atoms with E-state index in [4.69, 9.17) is 0 Å². The summed E-state index contributed by atoms with van der Waals surface area (Å²) in [5.41, 5.74) is 0. The lowest BCUT2D eigenvalue weighted by atomic mass is 10.1. The molecule has 0 spiro atoms. The number of amides is 2. The number of benzene rings is 2. The minimum atomic E-state index is 0.0548. The number of thioether (sulfide) groups is 1. The summed E-state index contributed by atoms with van der Waals surface area (Å²) in [7, 11) is 0. The maximum Gasteiger partial charge on any atom is 0.234 e. The number of nitrogens with one attached hydrogen (secondary N) is 1. The van der Waals surface area contributed by atoms with Gasteiger partial charge in [0.2, 0.25) is 11.8 Å². The third-order valence-electron chi connectivity index (χ3n) is 4.55. The topological polar surface area (TPSA) is 52.7 Å². The third kappa shape index (κ3) is 4.99. The molecule has 6 heteroatoms. The van der Waals surface area contributed by atoms with E-state index in [9.17, 15) is 9.59 Å². The van der Waals surface area contributed by atoms with Crippen LogP contribution < -0.4 is 5.32 Å². The van der Waals surface area contributed by atoms with Gasteiger partial charge in [-0.3, -0.25) is 14.5 Å². The Kier molecular flexibility index (Phi) is 6.52. The highest BCUT2D eigenvalue weighted by atomic mass is 32.2. The van der Waals surface area contributed by atoms with Crippen molar-refractivity contribution in [2.45, 2.75) is 11.8 Å². The molecule has 1 fully saturated rings. The van der Waals surface area contributed by atoms with Crippen molar-refractivity contribution >= 4 is 34.3 Å². The molecule has 1 heterocycles. The van der Waals surface area contributed by atoms with E-state index in [2.05, 4.69) is 40.5 Å². The Hall–Kier alpha value is -2.05. The first kappa shape index (κ1) is 18.7. The predicted molar refractivity (Wildman–Crippen MR) is 106 cm³/mol. The summed E-state index contributed by atoms with van der Waals surface area (Å²) in [6.45, 7) is 5.88. The number of carbonyl (C=O) groups excluding carboxylic acids is 2. The Balaban J connectivity index is 1.46. The molecular formula is C20H25N3O2S. The summed E-state index contributed by atoms with van der Waals surface area (Å²) in [6.07, 6.45) is 0. The molecule has 1 N–H and O–H groups in total. The van der Waals surface area contributed by atoms with E-state index in [0.717, 1.165) is 18.0 Å². The summed E-state index contributed by atoms with van der Waals surface area (Å²) >= 11 is 1.59.